The Bertz CT molecular complexity index is 166. The summed E-state index contributed by atoms with van der Waals surface area (Å²) in [5.41, 5.74) is -1.38. The highest BCUT2D eigenvalue weighted by Crippen LogP contribution is 2.24. The smallest absolute Gasteiger partial charge is 0.308 e. The molecule has 0 aromatic carbocycles. The van der Waals surface area contributed by atoms with Crippen molar-refractivity contribution in [2.24, 2.45) is 0 Å². The number of piperidine rings is 1. The molecular weight excluding hydrogens is 161 g/mol. The first-order chi connectivity index (χ1) is 5.66. The molecule has 0 aliphatic carbocycles. The Morgan fingerprint density at radius 3 is 3.00 bits per heavy atom. The van der Waals surface area contributed by atoms with Gasteiger partial charge in [-0.3, -0.25) is 4.79 Å². The van der Waals surface area contributed by atoms with Crippen LogP contribution in [0.15, 0.2) is 0 Å². The van der Waals surface area contributed by atoms with Crippen molar-refractivity contribution in [1.29, 1.82) is 0 Å². The van der Waals surface area contributed by atoms with E-state index in [1.54, 1.807) is 0 Å². The highest BCUT2D eigenvalue weighted by atomic mass is 19.1. The number of ether oxygens (including phenoxy) is 1. The zero-order chi connectivity index (χ0) is 9.03. The van der Waals surface area contributed by atoms with Gasteiger partial charge in [-0.2, -0.15) is 0 Å². The Morgan fingerprint density at radius 1 is 1.75 bits per heavy atom. The Hall–Kier alpha value is -0.640. The van der Waals surface area contributed by atoms with E-state index in [9.17, 15) is 9.18 Å². The predicted molar refractivity (Wildman–Crippen MR) is 42.6 cm³/mol. The second-order valence-corrected chi connectivity index (χ2v) is 3.18. The fourth-order valence-corrected chi connectivity index (χ4v) is 1.41. The van der Waals surface area contributed by atoms with Gasteiger partial charge in [-0.1, -0.05) is 0 Å². The van der Waals surface area contributed by atoms with Crippen molar-refractivity contribution in [2.45, 2.75) is 24.9 Å². The van der Waals surface area contributed by atoms with E-state index in [4.69, 9.17) is 0 Å². The van der Waals surface area contributed by atoms with Crippen LogP contribution in [0.1, 0.15) is 19.3 Å². The molecule has 4 heteroatoms. The number of methoxy groups -OCH3 is 1. The Balaban J connectivity index is 2.41. The van der Waals surface area contributed by atoms with Gasteiger partial charge in [0.15, 0.2) is 0 Å². The van der Waals surface area contributed by atoms with Gasteiger partial charge in [0.05, 0.1) is 13.5 Å². The molecule has 0 amide bonds. The predicted octanol–water partition coefficient (Wildman–Crippen LogP) is 0.641. The molecule has 0 aromatic heterocycles. The summed E-state index contributed by atoms with van der Waals surface area (Å²) in [5, 5.41) is 2.92. The first-order valence-corrected chi connectivity index (χ1v) is 4.13. The van der Waals surface area contributed by atoms with E-state index in [-0.39, 0.29) is 13.0 Å². The van der Waals surface area contributed by atoms with Crippen LogP contribution in [-0.4, -0.2) is 31.8 Å². The lowest BCUT2D eigenvalue weighted by Gasteiger charge is -2.28. The summed E-state index contributed by atoms with van der Waals surface area (Å²) in [5.74, 6) is -0.471. The van der Waals surface area contributed by atoms with E-state index in [0.29, 0.717) is 6.42 Å². The third-order valence-electron chi connectivity index (χ3n) is 2.11. The number of alkyl halides is 1. The molecule has 1 unspecified atom stereocenters. The third kappa shape index (κ3) is 2.44. The number of hydrogen-bond donors (Lipinski definition) is 1. The van der Waals surface area contributed by atoms with Crippen molar-refractivity contribution in [3.63, 3.8) is 0 Å². The molecule has 1 aliphatic rings. The van der Waals surface area contributed by atoms with E-state index >= 15 is 0 Å². The maximum Gasteiger partial charge on any atom is 0.308 e. The van der Waals surface area contributed by atoms with Crippen LogP contribution in [0.4, 0.5) is 4.39 Å². The molecule has 3 nitrogen and oxygen atoms in total. The number of esters is 1. The molecule has 0 saturated carbocycles. The van der Waals surface area contributed by atoms with Crippen molar-refractivity contribution >= 4 is 5.97 Å². The maximum atomic E-state index is 13.6. The van der Waals surface area contributed by atoms with Crippen LogP contribution in [0.25, 0.3) is 0 Å². The van der Waals surface area contributed by atoms with Gasteiger partial charge < -0.3 is 10.1 Å². The van der Waals surface area contributed by atoms with Crippen molar-refractivity contribution in [3.8, 4) is 0 Å². The molecule has 0 bridgehead atoms. The third-order valence-corrected chi connectivity index (χ3v) is 2.11. The average Bonchev–Trinajstić information content (AvgIpc) is 2.05. The number of hydrogen-bond acceptors (Lipinski definition) is 3. The van der Waals surface area contributed by atoms with Crippen LogP contribution >= 0.6 is 0 Å². The Labute approximate surface area is 71.3 Å². The second kappa shape index (κ2) is 3.85. The van der Waals surface area contributed by atoms with Gasteiger partial charge in [0.25, 0.3) is 0 Å². The zero-order valence-corrected chi connectivity index (χ0v) is 7.23. The molecule has 12 heavy (non-hydrogen) atoms. The van der Waals surface area contributed by atoms with Crippen LogP contribution in [0.3, 0.4) is 0 Å². The highest BCUT2D eigenvalue weighted by Gasteiger charge is 2.34. The summed E-state index contributed by atoms with van der Waals surface area (Å²) < 4.78 is 18.1. The number of halogens is 1. The van der Waals surface area contributed by atoms with Crippen LogP contribution < -0.4 is 5.32 Å². The lowest BCUT2D eigenvalue weighted by molar-refractivity contribution is -0.144. The maximum absolute atomic E-state index is 13.6. The number of nitrogens with one attached hydrogen (secondary N) is 1. The monoisotopic (exact) mass is 175 g/mol. The van der Waals surface area contributed by atoms with Gasteiger partial charge in [-0.25, -0.2) is 4.39 Å². The quantitative estimate of drug-likeness (QED) is 0.626. The molecule has 0 aromatic rings. The summed E-state index contributed by atoms with van der Waals surface area (Å²) >= 11 is 0. The van der Waals surface area contributed by atoms with Gasteiger partial charge in [0, 0.05) is 6.54 Å². The van der Waals surface area contributed by atoms with E-state index in [1.807, 2.05) is 0 Å². The topological polar surface area (TPSA) is 38.3 Å². The van der Waals surface area contributed by atoms with E-state index in [0.717, 1.165) is 13.0 Å². The first kappa shape index (κ1) is 9.45. The summed E-state index contributed by atoms with van der Waals surface area (Å²) in [6, 6.07) is 0. The summed E-state index contributed by atoms with van der Waals surface area (Å²) in [4.78, 5) is 10.8. The molecule has 1 rings (SSSR count). The van der Waals surface area contributed by atoms with E-state index in [1.165, 1.54) is 7.11 Å². The minimum Gasteiger partial charge on any atom is -0.469 e. The van der Waals surface area contributed by atoms with Gasteiger partial charge in [-0.15, -0.1) is 0 Å². The van der Waals surface area contributed by atoms with Gasteiger partial charge in [-0.05, 0) is 19.4 Å². The Morgan fingerprint density at radius 2 is 2.50 bits per heavy atom. The second-order valence-electron chi connectivity index (χ2n) is 3.18. The highest BCUT2D eigenvalue weighted by molar-refractivity contribution is 5.70. The molecule has 1 atom stereocenters. The summed E-state index contributed by atoms with van der Waals surface area (Å²) in [6.07, 6.45) is 1.11. The fraction of sp³-hybridized carbons (Fsp3) is 0.875. The lowest BCUT2D eigenvalue weighted by atomic mass is 9.93. The zero-order valence-electron chi connectivity index (χ0n) is 7.23. The van der Waals surface area contributed by atoms with Crippen molar-refractivity contribution in [2.75, 3.05) is 20.2 Å². The van der Waals surface area contributed by atoms with Gasteiger partial charge in [0.1, 0.15) is 5.67 Å². The van der Waals surface area contributed by atoms with Crippen molar-refractivity contribution < 1.29 is 13.9 Å². The standard InChI is InChI=1S/C8H14FNO2/c1-12-7(11)5-8(9)3-2-4-10-6-8/h10H,2-6H2,1H3. The van der Waals surface area contributed by atoms with E-state index in [2.05, 4.69) is 10.1 Å². The molecule has 1 fully saturated rings. The average molecular weight is 175 g/mol. The molecule has 1 aliphatic heterocycles. The number of carbonyl (C=O) groups excluding carboxylic acids is 1. The van der Waals surface area contributed by atoms with Crippen molar-refractivity contribution in [3.05, 3.63) is 0 Å². The molecule has 0 spiro atoms. The first-order valence-electron chi connectivity index (χ1n) is 4.13. The Kier molecular flexibility index (Phi) is 3.03. The lowest BCUT2D eigenvalue weighted by Crippen LogP contribution is -2.43. The largest absolute Gasteiger partial charge is 0.469 e. The van der Waals surface area contributed by atoms with Crippen LogP contribution in [0.5, 0.6) is 0 Å². The van der Waals surface area contributed by atoms with E-state index < -0.39 is 11.6 Å². The van der Waals surface area contributed by atoms with Crippen LogP contribution in [-0.2, 0) is 9.53 Å². The van der Waals surface area contributed by atoms with Gasteiger partial charge >= 0.3 is 5.97 Å². The molecule has 70 valence electrons. The molecule has 1 heterocycles. The molecular formula is C8H14FNO2. The number of rotatable bonds is 2. The minimum atomic E-state index is -1.38. The minimum absolute atomic E-state index is 0.128. The van der Waals surface area contributed by atoms with Crippen LogP contribution in [0, 0.1) is 0 Å². The fourth-order valence-electron chi connectivity index (χ4n) is 1.41. The van der Waals surface area contributed by atoms with Crippen LogP contribution in [0.2, 0.25) is 0 Å². The van der Waals surface area contributed by atoms with Crippen molar-refractivity contribution in [1.82, 2.24) is 5.32 Å². The summed E-state index contributed by atoms with van der Waals surface area (Å²) in [7, 11) is 1.28. The molecule has 0 radical (unpaired) electrons. The molecule has 1 N–H and O–H groups in total. The summed E-state index contributed by atoms with van der Waals surface area (Å²) in [6.45, 7) is 1.11. The SMILES string of the molecule is COC(=O)CC1(F)CCCNC1. The number of carbonyl (C=O) groups is 1. The normalized spacial score (nSPS) is 29.8. The van der Waals surface area contributed by atoms with Gasteiger partial charge in [0.2, 0.25) is 0 Å². The molecule has 1 saturated heterocycles.